The number of carbonyl (C=O) groups is 1. The van der Waals surface area contributed by atoms with Crippen molar-refractivity contribution < 1.29 is 9.90 Å². The number of hydrazine groups is 1. The molecule has 0 aromatic rings. The second-order valence-corrected chi connectivity index (χ2v) is 5.82. The minimum atomic E-state index is 0.0817. The van der Waals surface area contributed by atoms with Gasteiger partial charge in [0, 0.05) is 19.5 Å². The van der Waals surface area contributed by atoms with Gasteiger partial charge in [0.2, 0.25) is 5.91 Å². The maximum absolute atomic E-state index is 11.8. The van der Waals surface area contributed by atoms with Crippen molar-refractivity contribution in [2.75, 3.05) is 19.7 Å². The van der Waals surface area contributed by atoms with Gasteiger partial charge in [0.05, 0.1) is 6.61 Å². The number of amides is 1. The van der Waals surface area contributed by atoms with Crippen molar-refractivity contribution in [3.05, 3.63) is 0 Å². The van der Waals surface area contributed by atoms with E-state index in [-0.39, 0.29) is 12.5 Å². The first kappa shape index (κ1) is 20.4. The van der Waals surface area contributed by atoms with Crippen LogP contribution in [0.2, 0.25) is 0 Å². The van der Waals surface area contributed by atoms with Gasteiger partial charge < -0.3 is 5.11 Å². The molecule has 126 valence electrons. The van der Waals surface area contributed by atoms with E-state index in [4.69, 9.17) is 5.11 Å². The second-order valence-electron chi connectivity index (χ2n) is 5.82. The van der Waals surface area contributed by atoms with E-state index in [9.17, 15) is 4.79 Å². The van der Waals surface area contributed by atoms with Crippen LogP contribution in [-0.4, -0.2) is 35.7 Å². The van der Waals surface area contributed by atoms with Gasteiger partial charge in [0.25, 0.3) is 0 Å². The van der Waals surface area contributed by atoms with Crippen molar-refractivity contribution in [3.8, 4) is 0 Å². The van der Waals surface area contributed by atoms with Gasteiger partial charge in [-0.15, -0.1) is 0 Å². The molecule has 0 spiro atoms. The minimum Gasteiger partial charge on any atom is -0.395 e. The Balaban J connectivity index is 3.43. The summed E-state index contributed by atoms with van der Waals surface area (Å²) in [6, 6.07) is 0. The quantitative estimate of drug-likeness (QED) is 0.358. The van der Waals surface area contributed by atoms with E-state index in [0.29, 0.717) is 13.0 Å². The van der Waals surface area contributed by atoms with Crippen LogP contribution in [0.15, 0.2) is 0 Å². The van der Waals surface area contributed by atoms with Crippen molar-refractivity contribution in [1.82, 2.24) is 10.4 Å². The number of hydrogen-bond donors (Lipinski definition) is 2. The molecule has 0 rings (SSSR count). The van der Waals surface area contributed by atoms with E-state index in [2.05, 4.69) is 19.3 Å². The number of nitrogens with one attached hydrogen (secondary N) is 1. The smallest absolute Gasteiger partial charge is 0.234 e. The summed E-state index contributed by atoms with van der Waals surface area (Å²) in [4.78, 5) is 11.8. The van der Waals surface area contributed by atoms with E-state index < -0.39 is 0 Å². The average Bonchev–Trinajstić information content (AvgIpc) is 2.46. The molecule has 0 saturated heterocycles. The molecular formula is C17H36N2O2. The fraction of sp³-hybridized carbons (Fsp3) is 0.941. The van der Waals surface area contributed by atoms with Crippen LogP contribution in [0.4, 0.5) is 0 Å². The molecule has 0 aromatic heterocycles. The Morgan fingerprint density at radius 1 is 0.857 bits per heavy atom. The number of aliphatic hydroxyl groups is 1. The highest BCUT2D eigenvalue weighted by Gasteiger charge is 2.07. The number of aliphatic hydroxyl groups excluding tert-OH is 1. The Hall–Kier alpha value is -0.610. The summed E-state index contributed by atoms with van der Waals surface area (Å²) in [6.07, 6.45) is 13.0. The van der Waals surface area contributed by atoms with Crippen LogP contribution in [0, 0.1) is 0 Å². The van der Waals surface area contributed by atoms with Crippen LogP contribution in [-0.2, 0) is 4.79 Å². The van der Waals surface area contributed by atoms with Crippen LogP contribution in [0.25, 0.3) is 0 Å². The lowest BCUT2D eigenvalue weighted by Crippen LogP contribution is -2.44. The standard InChI is InChI=1S/C17H36N2O2/c1-3-5-6-7-8-9-10-11-12-13-17(21)18-19(14-4-2)15-16-20/h20H,3-16H2,1-2H3,(H,18,21). The van der Waals surface area contributed by atoms with Gasteiger partial charge in [0.15, 0.2) is 0 Å². The fourth-order valence-corrected chi connectivity index (χ4v) is 2.44. The molecule has 1 amide bonds. The van der Waals surface area contributed by atoms with Crippen molar-refractivity contribution in [3.63, 3.8) is 0 Å². The Morgan fingerprint density at radius 2 is 1.43 bits per heavy atom. The first-order valence-corrected chi connectivity index (χ1v) is 8.89. The molecule has 0 fully saturated rings. The van der Waals surface area contributed by atoms with Gasteiger partial charge in [-0.2, -0.15) is 0 Å². The summed E-state index contributed by atoms with van der Waals surface area (Å²) in [7, 11) is 0. The summed E-state index contributed by atoms with van der Waals surface area (Å²) in [5, 5.41) is 10.7. The molecule has 0 bridgehead atoms. The van der Waals surface area contributed by atoms with E-state index in [0.717, 1.165) is 25.8 Å². The van der Waals surface area contributed by atoms with Crippen LogP contribution in [0.1, 0.15) is 84.5 Å². The molecule has 0 heterocycles. The SMILES string of the molecule is CCCCCCCCCCCC(=O)NN(CCC)CCO. The Kier molecular flexibility index (Phi) is 15.3. The minimum absolute atomic E-state index is 0.0817. The Labute approximate surface area is 131 Å². The molecule has 0 saturated carbocycles. The lowest BCUT2D eigenvalue weighted by Gasteiger charge is -2.21. The summed E-state index contributed by atoms with van der Waals surface area (Å²) in [6.45, 7) is 5.70. The third-order valence-corrected chi connectivity index (χ3v) is 3.65. The molecule has 0 radical (unpaired) electrons. The van der Waals surface area contributed by atoms with Gasteiger partial charge in [-0.05, 0) is 12.8 Å². The first-order chi connectivity index (χ1) is 10.2. The molecule has 21 heavy (non-hydrogen) atoms. The van der Waals surface area contributed by atoms with Crippen molar-refractivity contribution in [1.29, 1.82) is 0 Å². The molecule has 0 aliphatic heterocycles. The Morgan fingerprint density at radius 3 is 1.95 bits per heavy atom. The topological polar surface area (TPSA) is 52.6 Å². The summed E-state index contributed by atoms with van der Waals surface area (Å²) < 4.78 is 0. The van der Waals surface area contributed by atoms with Crippen LogP contribution < -0.4 is 5.43 Å². The van der Waals surface area contributed by atoms with E-state index in [1.807, 2.05) is 5.01 Å². The molecule has 4 heteroatoms. The molecule has 0 aliphatic rings. The number of nitrogens with zero attached hydrogens (tertiary/aromatic N) is 1. The van der Waals surface area contributed by atoms with Crippen LogP contribution in [0.5, 0.6) is 0 Å². The average molecular weight is 300 g/mol. The highest BCUT2D eigenvalue weighted by molar-refractivity contribution is 5.75. The number of unbranched alkanes of at least 4 members (excludes halogenated alkanes) is 8. The van der Waals surface area contributed by atoms with Gasteiger partial charge >= 0.3 is 0 Å². The zero-order chi connectivity index (χ0) is 15.8. The van der Waals surface area contributed by atoms with Crippen molar-refractivity contribution in [2.45, 2.75) is 84.5 Å². The summed E-state index contributed by atoms with van der Waals surface area (Å²) >= 11 is 0. The molecule has 4 nitrogen and oxygen atoms in total. The lowest BCUT2D eigenvalue weighted by atomic mass is 10.1. The van der Waals surface area contributed by atoms with Gasteiger partial charge in [-0.25, -0.2) is 5.01 Å². The highest BCUT2D eigenvalue weighted by atomic mass is 16.3. The predicted molar refractivity (Wildman–Crippen MR) is 88.9 cm³/mol. The maximum atomic E-state index is 11.8. The second kappa shape index (κ2) is 15.8. The molecule has 2 N–H and O–H groups in total. The van der Waals surface area contributed by atoms with Crippen LogP contribution in [0.3, 0.4) is 0 Å². The van der Waals surface area contributed by atoms with E-state index in [1.165, 1.54) is 44.9 Å². The highest BCUT2D eigenvalue weighted by Crippen LogP contribution is 2.10. The lowest BCUT2D eigenvalue weighted by molar-refractivity contribution is -0.126. The van der Waals surface area contributed by atoms with E-state index in [1.54, 1.807) is 0 Å². The summed E-state index contributed by atoms with van der Waals surface area (Å²) in [5.41, 5.74) is 2.88. The number of rotatable bonds is 15. The third kappa shape index (κ3) is 14.1. The van der Waals surface area contributed by atoms with Gasteiger partial charge in [-0.1, -0.05) is 65.2 Å². The normalized spacial score (nSPS) is 11.0. The first-order valence-electron chi connectivity index (χ1n) is 8.89. The van der Waals surface area contributed by atoms with Gasteiger partial charge in [0.1, 0.15) is 0 Å². The zero-order valence-corrected chi connectivity index (χ0v) is 14.2. The molecule has 0 aliphatic carbocycles. The van der Waals surface area contributed by atoms with E-state index >= 15 is 0 Å². The molecular weight excluding hydrogens is 264 g/mol. The van der Waals surface area contributed by atoms with Gasteiger partial charge in [-0.3, -0.25) is 10.2 Å². The largest absolute Gasteiger partial charge is 0.395 e. The fourth-order valence-electron chi connectivity index (χ4n) is 2.44. The third-order valence-electron chi connectivity index (χ3n) is 3.65. The molecule has 0 aromatic carbocycles. The summed E-state index contributed by atoms with van der Waals surface area (Å²) in [5.74, 6) is 0.0832. The van der Waals surface area contributed by atoms with Crippen molar-refractivity contribution >= 4 is 5.91 Å². The number of carbonyl (C=O) groups excluding carboxylic acids is 1. The monoisotopic (exact) mass is 300 g/mol. The predicted octanol–water partition coefficient (Wildman–Crippen LogP) is 3.64. The van der Waals surface area contributed by atoms with Crippen LogP contribution >= 0.6 is 0 Å². The molecule has 0 atom stereocenters. The molecule has 0 unspecified atom stereocenters. The zero-order valence-electron chi connectivity index (χ0n) is 14.2. The number of hydrogen-bond acceptors (Lipinski definition) is 3. The Bertz CT molecular complexity index is 229. The van der Waals surface area contributed by atoms with Crippen molar-refractivity contribution in [2.24, 2.45) is 0 Å². The maximum Gasteiger partial charge on any atom is 0.234 e.